The van der Waals surface area contributed by atoms with Gasteiger partial charge < -0.3 is 5.73 Å². The first kappa shape index (κ1) is 13.2. The van der Waals surface area contributed by atoms with Crippen LogP contribution < -0.4 is 5.73 Å². The summed E-state index contributed by atoms with van der Waals surface area (Å²) in [6.45, 7) is 5.63. The molecule has 4 heteroatoms. The van der Waals surface area contributed by atoms with Crippen LogP contribution in [0, 0.1) is 0 Å². The van der Waals surface area contributed by atoms with Crippen LogP contribution in [0.15, 0.2) is 29.2 Å². The molecule has 1 aromatic carbocycles. The van der Waals surface area contributed by atoms with Crippen molar-refractivity contribution in [1.82, 2.24) is 0 Å². The van der Waals surface area contributed by atoms with E-state index in [1.165, 1.54) is 0 Å². The average Bonchev–Trinajstić information content (AvgIpc) is 2.28. The van der Waals surface area contributed by atoms with E-state index >= 15 is 0 Å². The predicted octanol–water partition coefficient (Wildman–Crippen LogP) is 1.93. The standard InChI is InChI=1S/C12H19NO2S/c1-4-16(14,15)12-7-5-11(6-8-12)9(2)10(3)13/h5-10H,4,13H2,1-3H3. The van der Waals surface area contributed by atoms with E-state index in [-0.39, 0.29) is 17.7 Å². The van der Waals surface area contributed by atoms with Crippen LogP contribution in [0.25, 0.3) is 0 Å². The summed E-state index contributed by atoms with van der Waals surface area (Å²) in [7, 11) is -3.09. The van der Waals surface area contributed by atoms with Crippen LogP contribution in [0.3, 0.4) is 0 Å². The Balaban J connectivity index is 3.01. The van der Waals surface area contributed by atoms with E-state index in [0.29, 0.717) is 4.90 Å². The molecule has 3 nitrogen and oxygen atoms in total. The molecule has 0 aliphatic heterocycles. The third-order valence-electron chi connectivity index (χ3n) is 2.93. The Bertz CT molecular complexity index is 435. The van der Waals surface area contributed by atoms with Gasteiger partial charge in [-0.25, -0.2) is 8.42 Å². The van der Waals surface area contributed by atoms with Gasteiger partial charge in [0.25, 0.3) is 0 Å². The van der Waals surface area contributed by atoms with Crippen LogP contribution >= 0.6 is 0 Å². The minimum Gasteiger partial charge on any atom is -0.327 e. The fourth-order valence-corrected chi connectivity index (χ4v) is 2.33. The van der Waals surface area contributed by atoms with E-state index in [4.69, 9.17) is 5.73 Å². The maximum Gasteiger partial charge on any atom is 0.178 e. The maximum atomic E-state index is 11.6. The summed E-state index contributed by atoms with van der Waals surface area (Å²) < 4.78 is 23.2. The van der Waals surface area contributed by atoms with Gasteiger partial charge in [-0.3, -0.25) is 0 Å². The molecule has 90 valence electrons. The second kappa shape index (κ2) is 4.97. The van der Waals surface area contributed by atoms with Crippen molar-refractivity contribution in [1.29, 1.82) is 0 Å². The van der Waals surface area contributed by atoms with Crippen molar-refractivity contribution < 1.29 is 8.42 Å². The highest BCUT2D eigenvalue weighted by atomic mass is 32.2. The van der Waals surface area contributed by atoms with Gasteiger partial charge in [0.15, 0.2) is 9.84 Å². The molecular formula is C12H19NO2S. The Labute approximate surface area is 97.6 Å². The second-order valence-corrected chi connectivity index (χ2v) is 6.40. The molecule has 0 amide bonds. The summed E-state index contributed by atoms with van der Waals surface area (Å²) in [6.07, 6.45) is 0. The van der Waals surface area contributed by atoms with Crippen LogP contribution in [-0.2, 0) is 9.84 Å². The van der Waals surface area contributed by atoms with Gasteiger partial charge in [-0.1, -0.05) is 26.0 Å². The van der Waals surface area contributed by atoms with E-state index in [2.05, 4.69) is 0 Å². The van der Waals surface area contributed by atoms with Crippen molar-refractivity contribution in [2.75, 3.05) is 5.75 Å². The molecule has 2 N–H and O–H groups in total. The van der Waals surface area contributed by atoms with E-state index in [1.807, 2.05) is 26.0 Å². The molecule has 0 fully saturated rings. The first-order valence-corrected chi connectivity index (χ1v) is 7.12. The van der Waals surface area contributed by atoms with E-state index < -0.39 is 9.84 Å². The fourth-order valence-electron chi connectivity index (χ4n) is 1.45. The lowest BCUT2D eigenvalue weighted by Crippen LogP contribution is -2.22. The number of hydrogen-bond acceptors (Lipinski definition) is 3. The molecular weight excluding hydrogens is 222 g/mol. The smallest absolute Gasteiger partial charge is 0.178 e. The number of rotatable bonds is 4. The van der Waals surface area contributed by atoms with Crippen LogP contribution in [0.2, 0.25) is 0 Å². The molecule has 1 aromatic rings. The highest BCUT2D eigenvalue weighted by Gasteiger charge is 2.14. The predicted molar refractivity (Wildman–Crippen MR) is 66.2 cm³/mol. The number of benzene rings is 1. The number of sulfone groups is 1. The normalized spacial score (nSPS) is 15.8. The summed E-state index contributed by atoms with van der Waals surface area (Å²) in [5.74, 6) is 0.369. The molecule has 0 aromatic heterocycles. The Hall–Kier alpha value is -0.870. The van der Waals surface area contributed by atoms with Gasteiger partial charge in [-0.05, 0) is 30.5 Å². The Morgan fingerprint density at radius 1 is 1.19 bits per heavy atom. The van der Waals surface area contributed by atoms with Crippen LogP contribution in [-0.4, -0.2) is 20.2 Å². The summed E-state index contributed by atoms with van der Waals surface area (Å²) in [5, 5.41) is 0. The molecule has 2 unspecified atom stereocenters. The molecule has 0 bridgehead atoms. The second-order valence-electron chi connectivity index (χ2n) is 4.12. The molecule has 0 saturated carbocycles. The SMILES string of the molecule is CCS(=O)(=O)c1ccc(C(C)C(C)N)cc1. The Morgan fingerprint density at radius 2 is 1.69 bits per heavy atom. The quantitative estimate of drug-likeness (QED) is 0.876. The number of hydrogen-bond donors (Lipinski definition) is 1. The number of nitrogens with two attached hydrogens (primary N) is 1. The molecule has 0 spiro atoms. The lowest BCUT2D eigenvalue weighted by Gasteiger charge is -2.16. The van der Waals surface area contributed by atoms with Crippen molar-refractivity contribution >= 4 is 9.84 Å². The molecule has 1 rings (SSSR count). The zero-order valence-corrected chi connectivity index (χ0v) is 10.8. The summed E-state index contributed by atoms with van der Waals surface area (Å²) in [6, 6.07) is 7.07. The summed E-state index contributed by atoms with van der Waals surface area (Å²) in [5.41, 5.74) is 6.87. The fraction of sp³-hybridized carbons (Fsp3) is 0.500. The Kier molecular flexibility index (Phi) is 4.10. The van der Waals surface area contributed by atoms with Crippen molar-refractivity contribution in [3.63, 3.8) is 0 Å². The first-order chi connectivity index (χ1) is 7.38. The van der Waals surface area contributed by atoms with Crippen molar-refractivity contribution in [3.8, 4) is 0 Å². The van der Waals surface area contributed by atoms with E-state index in [1.54, 1.807) is 19.1 Å². The highest BCUT2D eigenvalue weighted by Crippen LogP contribution is 2.20. The van der Waals surface area contributed by atoms with Crippen LogP contribution in [0.1, 0.15) is 32.3 Å². The minimum absolute atomic E-state index is 0.0635. The zero-order chi connectivity index (χ0) is 12.3. The van der Waals surface area contributed by atoms with E-state index in [9.17, 15) is 8.42 Å². The van der Waals surface area contributed by atoms with Crippen molar-refractivity contribution in [2.45, 2.75) is 37.6 Å². The molecule has 0 aliphatic rings. The third-order valence-corrected chi connectivity index (χ3v) is 4.68. The molecule has 2 atom stereocenters. The van der Waals surface area contributed by atoms with Gasteiger partial charge in [0.05, 0.1) is 10.6 Å². The summed E-state index contributed by atoms with van der Waals surface area (Å²) >= 11 is 0. The Morgan fingerprint density at radius 3 is 2.06 bits per heavy atom. The highest BCUT2D eigenvalue weighted by molar-refractivity contribution is 7.91. The first-order valence-electron chi connectivity index (χ1n) is 5.46. The summed E-state index contributed by atoms with van der Waals surface area (Å²) in [4.78, 5) is 0.385. The van der Waals surface area contributed by atoms with Crippen molar-refractivity contribution in [2.24, 2.45) is 5.73 Å². The average molecular weight is 241 g/mol. The molecule has 0 saturated heterocycles. The molecule has 16 heavy (non-hydrogen) atoms. The van der Waals surface area contributed by atoms with Gasteiger partial charge in [0, 0.05) is 6.04 Å². The monoisotopic (exact) mass is 241 g/mol. The van der Waals surface area contributed by atoms with Crippen LogP contribution in [0.4, 0.5) is 0 Å². The lowest BCUT2D eigenvalue weighted by atomic mass is 9.95. The van der Waals surface area contributed by atoms with Gasteiger partial charge in [-0.2, -0.15) is 0 Å². The largest absolute Gasteiger partial charge is 0.327 e. The van der Waals surface area contributed by atoms with Crippen molar-refractivity contribution in [3.05, 3.63) is 29.8 Å². The van der Waals surface area contributed by atoms with Gasteiger partial charge in [0.1, 0.15) is 0 Å². The van der Waals surface area contributed by atoms with E-state index in [0.717, 1.165) is 5.56 Å². The topological polar surface area (TPSA) is 60.2 Å². The molecule has 0 radical (unpaired) electrons. The third kappa shape index (κ3) is 2.83. The molecule has 0 heterocycles. The maximum absolute atomic E-state index is 11.6. The van der Waals surface area contributed by atoms with Crippen LogP contribution in [0.5, 0.6) is 0 Å². The zero-order valence-electron chi connectivity index (χ0n) is 9.97. The molecule has 0 aliphatic carbocycles. The minimum atomic E-state index is -3.09. The van der Waals surface area contributed by atoms with Gasteiger partial charge >= 0.3 is 0 Å². The van der Waals surface area contributed by atoms with Gasteiger partial charge in [-0.15, -0.1) is 0 Å². The van der Waals surface area contributed by atoms with Gasteiger partial charge in [0.2, 0.25) is 0 Å². The lowest BCUT2D eigenvalue weighted by molar-refractivity contribution is 0.596.